The Balaban J connectivity index is 1.13. The number of benzene rings is 4. The van der Waals surface area contributed by atoms with Crippen LogP contribution in [-0.2, 0) is 19.1 Å². The van der Waals surface area contributed by atoms with Crippen molar-refractivity contribution in [2.45, 2.75) is 32.2 Å². The Morgan fingerprint density at radius 3 is 2.18 bits per heavy atom. The summed E-state index contributed by atoms with van der Waals surface area (Å²) in [7, 11) is 0. The number of amides is 2. The fraction of sp³-hybridized carbons (Fsp3) is 0.194. The second-order valence-corrected chi connectivity index (χ2v) is 8.90. The molecule has 0 aromatic heterocycles. The Bertz CT molecular complexity index is 1390. The highest BCUT2D eigenvalue weighted by Gasteiger charge is 2.12. The summed E-state index contributed by atoms with van der Waals surface area (Å²) in [6.07, 6.45) is 0.519. The van der Waals surface area contributed by atoms with E-state index < -0.39 is 5.97 Å². The van der Waals surface area contributed by atoms with Crippen LogP contribution in [0, 0.1) is 0 Å². The van der Waals surface area contributed by atoms with Gasteiger partial charge in [0.1, 0.15) is 11.5 Å². The highest BCUT2D eigenvalue weighted by atomic mass is 16.5. The standard InChI is InChI=1S/C31H30N2O5/c1-22(23-8-3-2-4-9-23)32-30(35)21-37-31(36)13-7-12-29(34)33-26-15-18-27(19-16-26)38-28-17-14-24-10-5-6-11-25(24)20-28/h2-6,8-11,14-20,22H,7,12-13,21H2,1H3,(H,32,35)(H,33,34)/t22-/m0/s1. The Hall–Kier alpha value is -4.65. The lowest BCUT2D eigenvalue weighted by molar-refractivity contribution is -0.148. The van der Waals surface area contributed by atoms with Crippen molar-refractivity contribution < 1.29 is 23.9 Å². The van der Waals surface area contributed by atoms with Gasteiger partial charge in [-0.2, -0.15) is 0 Å². The predicted octanol–water partition coefficient (Wildman–Crippen LogP) is 6.16. The van der Waals surface area contributed by atoms with Crippen molar-refractivity contribution >= 4 is 34.2 Å². The molecule has 0 bridgehead atoms. The first-order valence-corrected chi connectivity index (χ1v) is 12.5. The van der Waals surface area contributed by atoms with Gasteiger partial charge in [0.15, 0.2) is 6.61 Å². The zero-order chi connectivity index (χ0) is 26.7. The van der Waals surface area contributed by atoms with Gasteiger partial charge in [0, 0.05) is 18.5 Å². The number of ether oxygens (including phenoxy) is 2. The third-order valence-electron chi connectivity index (χ3n) is 5.92. The van der Waals surface area contributed by atoms with E-state index in [0.717, 1.165) is 22.1 Å². The lowest BCUT2D eigenvalue weighted by Gasteiger charge is -2.14. The van der Waals surface area contributed by atoms with Gasteiger partial charge in [0.05, 0.1) is 6.04 Å². The van der Waals surface area contributed by atoms with Gasteiger partial charge in [-0.3, -0.25) is 14.4 Å². The first-order chi connectivity index (χ1) is 18.5. The molecule has 0 unspecified atom stereocenters. The molecule has 4 aromatic carbocycles. The summed E-state index contributed by atoms with van der Waals surface area (Å²) in [6.45, 7) is 1.51. The second-order valence-electron chi connectivity index (χ2n) is 8.90. The summed E-state index contributed by atoms with van der Waals surface area (Å²) >= 11 is 0. The number of esters is 1. The van der Waals surface area contributed by atoms with Crippen LogP contribution in [0.15, 0.2) is 97.1 Å². The molecule has 38 heavy (non-hydrogen) atoms. The largest absolute Gasteiger partial charge is 0.457 e. The van der Waals surface area contributed by atoms with Gasteiger partial charge in [-0.15, -0.1) is 0 Å². The average molecular weight is 511 g/mol. The van der Waals surface area contributed by atoms with Crippen LogP contribution in [-0.4, -0.2) is 24.4 Å². The van der Waals surface area contributed by atoms with Crippen LogP contribution in [0.25, 0.3) is 10.8 Å². The zero-order valence-corrected chi connectivity index (χ0v) is 21.2. The first-order valence-electron chi connectivity index (χ1n) is 12.5. The Morgan fingerprint density at radius 1 is 0.737 bits per heavy atom. The third-order valence-corrected chi connectivity index (χ3v) is 5.92. The molecule has 1 atom stereocenters. The maximum absolute atomic E-state index is 12.3. The second kappa shape index (κ2) is 13.1. The molecule has 0 saturated carbocycles. The van der Waals surface area contributed by atoms with Crippen molar-refractivity contribution in [3.63, 3.8) is 0 Å². The third kappa shape index (κ3) is 7.93. The number of hydrogen-bond acceptors (Lipinski definition) is 5. The van der Waals surface area contributed by atoms with Crippen molar-refractivity contribution in [2.75, 3.05) is 11.9 Å². The van der Waals surface area contributed by atoms with Gasteiger partial charge in [-0.25, -0.2) is 0 Å². The van der Waals surface area contributed by atoms with Crippen LogP contribution >= 0.6 is 0 Å². The molecule has 0 fully saturated rings. The molecule has 0 aliphatic rings. The zero-order valence-electron chi connectivity index (χ0n) is 21.2. The van der Waals surface area contributed by atoms with E-state index in [4.69, 9.17) is 9.47 Å². The van der Waals surface area contributed by atoms with Crippen LogP contribution in [0.5, 0.6) is 11.5 Å². The van der Waals surface area contributed by atoms with Crippen molar-refractivity contribution in [1.29, 1.82) is 0 Å². The number of hydrogen-bond donors (Lipinski definition) is 2. The lowest BCUT2D eigenvalue weighted by atomic mass is 10.1. The van der Waals surface area contributed by atoms with Crippen molar-refractivity contribution in [2.24, 2.45) is 0 Å². The number of anilines is 1. The topological polar surface area (TPSA) is 93.7 Å². The highest BCUT2D eigenvalue weighted by molar-refractivity contribution is 5.91. The van der Waals surface area contributed by atoms with Crippen LogP contribution < -0.4 is 15.4 Å². The van der Waals surface area contributed by atoms with Gasteiger partial charge >= 0.3 is 5.97 Å². The summed E-state index contributed by atoms with van der Waals surface area (Å²) in [4.78, 5) is 36.2. The highest BCUT2D eigenvalue weighted by Crippen LogP contribution is 2.26. The molecular weight excluding hydrogens is 480 g/mol. The number of fused-ring (bicyclic) bond motifs is 1. The number of carbonyl (C=O) groups is 3. The van der Waals surface area contributed by atoms with Gasteiger partial charge in [0.2, 0.25) is 5.91 Å². The Kier molecular flexibility index (Phi) is 9.07. The SMILES string of the molecule is C[C@H](NC(=O)COC(=O)CCCC(=O)Nc1ccc(Oc2ccc3ccccc3c2)cc1)c1ccccc1. The number of carbonyl (C=O) groups excluding carboxylic acids is 3. The fourth-order valence-electron chi connectivity index (χ4n) is 3.92. The van der Waals surface area contributed by atoms with Crippen LogP contribution in [0.2, 0.25) is 0 Å². The minimum absolute atomic E-state index is 0.0491. The van der Waals surface area contributed by atoms with E-state index in [0.29, 0.717) is 17.9 Å². The van der Waals surface area contributed by atoms with Crippen molar-refractivity contribution in [3.8, 4) is 11.5 Å². The van der Waals surface area contributed by atoms with Gasteiger partial charge in [-0.1, -0.05) is 60.7 Å². The monoisotopic (exact) mass is 510 g/mol. The molecule has 0 aliphatic heterocycles. The molecule has 2 N–H and O–H groups in total. The Morgan fingerprint density at radius 2 is 1.42 bits per heavy atom. The van der Waals surface area contributed by atoms with E-state index in [2.05, 4.69) is 10.6 Å². The van der Waals surface area contributed by atoms with Crippen molar-refractivity contribution in [3.05, 3.63) is 103 Å². The summed E-state index contributed by atoms with van der Waals surface area (Å²) in [6, 6.07) is 30.4. The molecule has 0 saturated heterocycles. The summed E-state index contributed by atoms with van der Waals surface area (Å²) in [5.41, 5.74) is 1.60. The summed E-state index contributed by atoms with van der Waals surface area (Å²) in [5.74, 6) is 0.283. The molecule has 194 valence electrons. The minimum atomic E-state index is -0.518. The minimum Gasteiger partial charge on any atom is -0.457 e. The average Bonchev–Trinajstić information content (AvgIpc) is 2.93. The van der Waals surface area contributed by atoms with Gasteiger partial charge in [-0.05, 0) is 66.1 Å². The van der Waals surface area contributed by atoms with Crippen LogP contribution in [0.4, 0.5) is 5.69 Å². The molecule has 0 spiro atoms. The summed E-state index contributed by atoms with van der Waals surface area (Å²) < 4.78 is 11.0. The Labute approximate surface area is 221 Å². The summed E-state index contributed by atoms with van der Waals surface area (Å²) in [5, 5.41) is 7.84. The molecule has 0 heterocycles. The molecule has 0 aliphatic carbocycles. The first kappa shape index (κ1) is 26.4. The molecule has 7 heteroatoms. The van der Waals surface area contributed by atoms with E-state index in [-0.39, 0.29) is 37.3 Å². The smallest absolute Gasteiger partial charge is 0.306 e. The normalized spacial score (nSPS) is 11.4. The van der Waals surface area contributed by atoms with Crippen molar-refractivity contribution in [1.82, 2.24) is 5.32 Å². The van der Waals surface area contributed by atoms with Crippen LogP contribution in [0.3, 0.4) is 0 Å². The fourth-order valence-corrected chi connectivity index (χ4v) is 3.92. The van der Waals surface area contributed by atoms with Gasteiger partial charge in [0.25, 0.3) is 5.91 Å². The maximum atomic E-state index is 12.3. The lowest BCUT2D eigenvalue weighted by Crippen LogP contribution is -2.31. The van der Waals surface area contributed by atoms with Gasteiger partial charge < -0.3 is 20.1 Å². The van der Waals surface area contributed by atoms with E-state index in [9.17, 15) is 14.4 Å². The quantitative estimate of drug-likeness (QED) is 0.236. The molecule has 7 nitrogen and oxygen atoms in total. The maximum Gasteiger partial charge on any atom is 0.306 e. The predicted molar refractivity (Wildman–Crippen MR) is 147 cm³/mol. The van der Waals surface area contributed by atoms with E-state index in [1.165, 1.54) is 0 Å². The van der Waals surface area contributed by atoms with E-state index in [1.807, 2.05) is 79.7 Å². The number of nitrogens with one attached hydrogen (secondary N) is 2. The molecule has 4 aromatic rings. The molecule has 0 radical (unpaired) electrons. The molecule has 4 rings (SSSR count). The van der Waals surface area contributed by atoms with E-state index >= 15 is 0 Å². The molecule has 2 amide bonds. The number of rotatable bonds is 11. The van der Waals surface area contributed by atoms with Crippen LogP contribution in [0.1, 0.15) is 37.8 Å². The van der Waals surface area contributed by atoms with E-state index in [1.54, 1.807) is 24.3 Å². The molecular formula is C31H30N2O5.